The zero-order valence-electron chi connectivity index (χ0n) is 8.09. The molecule has 1 rings (SSSR count). The number of benzene rings is 1. The standard InChI is InChI=1S/C11H15NO/c1-4-7(2)10-6-9(12)5-8(3)11(10)13/h5-6,13H,2,4,12H2,1,3H3. The highest BCUT2D eigenvalue weighted by Gasteiger charge is 2.07. The maximum atomic E-state index is 9.71. The highest BCUT2D eigenvalue weighted by molar-refractivity contribution is 5.72. The number of nitrogen functional groups attached to an aromatic ring is 1. The predicted octanol–water partition coefficient (Wildman–Crippen LogP) is 2.71. The molecule has 0 heterocycles. The Morgan fingerprint density at radius 3 is 2.69 bits per heavy atom. The van der Waals surface area contributed by atoms with Crippen LogP contribution >= 0.6 is 0 Å². The Morgan fingerprint density at radius 1 is 1.54 bits per heavy atom. The summed E-state index contributed by atoms with van der Waals surface area (Å²) in [5.41, 5.74) is 8.81. The fourth-order valence-corrected chi connectivity index (χ4v) is 1.27. The smallest absolute Gasteiger partial charge is 0.126 e. The van der Waals surface area contributed by atoms with Crippen molar-refractivity contribution in [1.82, 2.24) is 0 Å². The number of aromatic hydroxyl groups is 1. The maximum absolute atomic E-state index is 9.71. The number of nitrogens with two attached hydrogens (primary N) is 1. The third-order valence-corrected chi connectivity index (χ3v) is 2.13. The Labute approximate surface area is 78.7 Å². The van der Waals surface area contributed by atoms with Gasteiger partial charge in [0.2, 0.25) is 0 Å². The van der Waals surface area contributed by atoms with Crippen LogP contribution in [0.4, 0.5) is 5.69 Å². The van der Waals surface area contributed by atoms with Crippen molar-refractivity contribution in [1.29, 1.82) is 0 Å². The average molecular weight is 177 g/mol. The molecule has 0 aliphatic rings. The minimum atomic E-state index is 0.293. The van der Waals surface area contributed by atoms with Crippen LogP contribution in [0.3, 0.4) is 0 Å². The van der Waals surface area contributed by atoms with Crippen LogP contribution in [-0.2, 0) is 0 Å². The molecule has 0 bridgehead atoms. The van der Waals surface area contributed by atoms with Gasteiger partial charge in [-0.2, -0.15) is 0 Å². The van der Waals surface area contributed by atoms with Crippen molar-refractivity contribution < 1.29 is 5.11 Å². The molecule has 0 saturated heterocycles. The van der Waals surface area contributed by atoms with Crippen molar-refractivity contribution in [2.24, 2.45) is 0 Å². The molecule has 1 aromatic carbocycles. The van der Waals surface area contributed by atoms with E-state index in [1.165, 1.54) is 0 Å². The Morgan fingerprint density at radius 2 is 2.15 bits per heavy atom. The van der Waals surface area contributed by atoms with Gasteiger partial charge in [0.15, 0.2) is 0 Å². The second-order valence-electron chi connectivity index (χ2n) is 3.19. The molecule has 3 N–H and O–H groups in total. The summed E-state index contributed by atoms with van der Waals surface area (Å²) in [7, 11) is 0. The molecule has 0 aromatic heterocycles. The minimum Gasteiger partial charge on any atom is -0.507 e. The summed E-state index contributed by atoms with van der Waals surface area (Å²) in [4.78, 5) is 0. The fraction of sp³-hybridized carbons (Fsp3) is 0.273. The molecule has 2 nitrogen and oxygen atoms in total. The molecule has 0 saturated carbocycles. The van der Waals surface area contributed by atoms with Gasteiger partial charge in [-0.05, 0) is 36.6 Å². The highest BCUT2D eigenvalue weighted by Crippen LogP contribution is 2.31. The summed E-state index contributed by atoms with van der Waals surface area (Å²) >= 11 is 0. The molecule has 0 aliphatic heterocycles. The monoisotopic (exact) mass is 177 g/mol. The Balaban J connectivity index is 3.28. The molecular weight excluding hydrogens is 162 g/mol. The molecule has 0 radical (unpaired) electrons. The van der Waals surface area contributed by atoms with Crippen LogP contribution in [0.15, 0.2) is 18.7 Å². The van der Waals surface area contributed by atoms with Crippen LogP contribution in [0.5, 0.6) is 5.75 Å². The first kappa shape index (κ1) is 9.65. The van der Waals surface area contributed by atoms with E-state index in [0.29, 0.717) is 11.4 Å². The average Bonchev–Trinajstić information content (AvgIpc) is 2.10. The number of rotatable bonds is 2. The molecule has 13 heavy (non-hydrogen) atoms. The SMILES string of the molecule is C=C(CC)c1cc(N)cc(C)c1O. The van der Waals surface area contributed by atoms with E-state index in [4.69, 9.17) is 5.73 Å². The van der Waals surface area contributed by atoms with Gasteiger partial charge in [0, 0.05) is 11.3 Å². The fourth-order valence-electron chi connectivity index (χ4n) is 1.27. The van der Waals surface area contributed by atoms with Crippen molar-refractivity contribution in [2.45, 2.75) is 20.3 Å². The van der Waals surface area contributed by atoms with Gasteiger partial charge < -0.3 is 10.8 Å². The van der Waals surface area contributed by atoms with E-state index in [-0.39, 0.29) is 0 Å². The molecular formula is C11H15NO. The lowest BCUT2D eigenvalue weighted by Crippen LogP contribution is -1.91. The first-order valence-electron chi connectivity index (χ1n) is 4.33. The van der Waals surface area contributed by atoms with Gasteiger partial charge in [-0.1, -0.05) is 13.5 Å². The number of hydrogen-bond donors (Lipinski definition) is 2. The first-order valence-corrected chi connectivity index (χ1v) is 4.33. The van der Waals surface area contributed by atoms with Gasteiger partial charge in [0.1, 0.15) is 5.75 Å². The molecule has 0 spiro atoms. The Hall–Kier alpha value is -1.44. The van der Waals surface area contributed by atoms with Gasteiger partial charge in [-0.15, -0.1) is 0 Å². The molecule has 0 fully saturated rings. The number of allylic oxidation sites excluding steroid dienone is 1. The number of phenols is 1. The van der Waals surface area contributed by atoms with E-state index in [1.807, 2.05) is 13.8 Å². The van der Waals surface area contributed by atoms with Crippen LogP contribution < -0.4 is 5.73 Å². The van der Waals surface area contributed by atoms with E-state index >= 15 is 0 Å². The Kier molecular flexibility index (Phi) is 2.61. The lowest BCUT2D eigenvalue weighted by atomic mass is 10.0. The van der Waals surface area contributed by atoms with Crippen LogP contribution in [0.1, 0.15) is 24.5 Å². The summed E-state index contributed by atoms with van der Waals surface area (Å²) in [5, 5.41) is 9.71. The quantitative estimate of drug-likeness (QED) is 0.539. The second-order valence-corrected chi connectivity index (χ2v) is 3.19. The largest absolute Gasteiger partial charge is 0.507 e. The van der Waals surface area contributed by atoms with Crippen molar-refractivity contribution in [3.8, 4) is 5.75 Å². The van der Waals surface area contributed by atoms with Gasteiger partial charge in [-0.25, -0.2) is 0 Å². The number of aryl methyl sites for hydroxylation is 1. The van der Waals surface area contributed by atoms with Crippen molar-refractivity contribution in [2.75, 3.05) is 5.73 Å². The van der Waals surface area contributed by atoms with Crippen LogP contribution in [0.25, 0.3) is 5.57 Å². The second kappa shape index (κ2) is 3.52. The number of anilines is 1. The normalized spacial score (nSPS) is 10.0. The molecule has 0 amide bonds. The van der Waals surface area contributed by atoms with E-state index in [1.54, 1.807) is 12.1 Å². The molecule has 0 aliphatic carbocycles. The predicted molar refractivity (Wildman–Crippen MR) is 56.6 cm³/mol. The number of phenolic OH excluding ortho intramolecular Hbond substituents is 1. The Bertz CT molecular complexity index is 342. The molecule has 1 aromatic rings. The number of hydrogen-bond acceptors (Lipinski definition) is 2. The van der Waals surface area contributed by atoms with Crippen molar-refractivity contribution >= 4 is 11.3 Å². The summed E-state index contributed by atoms with van der Waals surface area (Å²) in [6.07, 6.45) is 0.816. The van der Waals surface area contributed by atoms with Crippen LogP contribution in [-0.4, -0.2) is 5.11 Å². The molecule has 0 atom stereocenters. The zero-order chi connectivity index (χ0) is 10.0. The van der Waals surface area contributed by atoms with E-state index in [2.05, 4.69) is 6.58 Å². The van der Waals surface area contributed by atoms with Gasteiger partial charge in [-0.3, -0.25) is 0 Å². The molecule has 2 heteroatoms. The van der Waals surface area contributed by atoms with Gasteiger partial charge in [0.05, 0.1) is 0 Å². The van der Waals surface area contributed by atoms with Crippen molar-refractivity contribution in [3.63, 3.8) is 0 Å². The van der Waals surface area contributed by atoms with E-state index in [0.717, 1.165) is 23.1 Å². The summed E-state index contributed by atoms with van der Waals surface area (Å²) in [6, 6.07) is 3.51. The van der Waals surface area contributed by atoms with Gasteiger partial charge in [0.25, 0.3) is 0 Å². The molecule has 0 unspecified atom stereocenters. The summed E-state index contributed by atoms with van der Waals surface area (Å²) in [5.74, 6) is 0.293. The highest BCUT2D eigenvalue weighted by atomic mass is 16.3. The van der Waals surface area contributed by atoms with Gasteiger partial charge >= 0.3 is 0 Å². The van der Waals surface area contributed by atoms with E-state index < -0.39 is 0 Å². The van der Waals surface area contributed by atoms with Crippen LogP contribution in [0, 0.1) is 6.92 Å². The van der Waals surface area contributed by atoms with Crippen molar-refractivity contribution in [3.05, 3.63) is 29.8 Å². The van der Waals surface area contributed by atoms with Crippen LogP contribution in [0.2, 0.25) is 0 Å². The third-order valence-electron chi connectivity index (χ3n) is 2.13. The summed E-state index contributed by atoms with van der Waals surface area (Å²) < 4.78 is 0. The summed E-state index contributed by atoms with van der Waals surface area (Å²) in [6.45, 7) is 7.70. The molecule has 70 valence electrons. The minimum absolute atomic E-state index is 0.293. The topological polar surface area (TPSA) is 46.2 Å². The maximum Gasteiger partial charge on any atom is 0.126 e. The lowest BCUT2D eigenvalue weighted by molar-refractivity contribution is 0.469. The van der Waals surface area contributed by atoms with E-state index in [9.17, 15) is 5.11 Å². The first-order chi connectivity index (χ1) is 6.06. The third kappa shape index (κ3) is 1.83. The zero-order valence-corrected chi connectivity index (χ0v) is 8.09. The lowest BCUT2D eigenvalue weighted by Gasteiger charge is -2.09.